The molecule has 0 aromatic heterocycles. The lowest BCUT2D eigenvalue weighted by molar-refractivity contribution is 0.319. The van der Waals surface area contributed by atoms with Crippen LogP contribution in [0.15, 0.2) is 24.3 Å². The summed E-state index contributed by atoms with van der Waals surface area (Å²) in [5, 5.41) is 7.02. The molecule has 1 aromatic carbocycles. The highest BCUT2D eigenvalue weighted by Crippen LogP contribution is 2.11. The van der Waals surface area contributed by atoms with E-state index >= 15 is 0 Å². The van der Waals surface area contributed by atoms with Gasteiger partial charge in [0.25, 0.3) is 0 Å². The van der Waals surface area contributed by atoms with E-state index in [-0.39, 0.29) is 5.82 Å². The monoisotopic (exact) mass is 236 g/mol. The zero-order chi connectivity index (χ0) is 12.1. The van der Waals surface area contributed by atoms with E-state index in [4.69, 9.17) is 0 Å². The van der Waals surface area contributed by atoms with Crippen molar-refractivity contribution in [3.63, 3.8) is 0 Å². The Bertz CT molecular complexity index is 337. The van der Waals surface area contributed by atoms with Crippen LogP contribution in [-0.4, -0.2) is 25.2 Å². The van der Waals surface area contributed by atoms with Crippen LogP contribution in [0.2, 0.25) is 0 Å². The van der Waals surface area contributed by atoms with Crippen molar-refractivity contribution in [2.24, 2.45) is 0 Å². The zero-order valence-electron chi connectivity index (χ0n) is 10.4. The van der Waals surface area contributed by atoms with Crippen molar-refractivity contribution in [2.45, 2.75) is 38.3 Å². The van der Waals surface area contributed by atoms with Crippen LogP contribution in [0.3, 0.4) is 0 Å². The van der Waals surface area contributed by atoms with Crippen molar-refractivity contribution in [1.82, 2.24) is 10.6 Å². The molecule has 0 radical (unpaired) electrons. The Kier molecular flexibility index (Phi) is 4.51. The molecule has 1 saturated heterocycles. The third-order valence-corrected chi connectivity index (χ3v) is 3.50. The fraction of sp³-hybridized carbons (Fsp3) is 0.571. The number of rotatable bonds is 4. The van der Waals surface area contributed by atoms with Crippen LogP contribution in [0, 0.1) is 5.82 Å². The molecule has 0 aliphatic carbocycles. The van der Waals surface area contributed by atoms with Crippen molar-refractivity contribution >= 4 is 0 Å². The minimum Gasteiger partial charge on any atom is -0.311 e. The minimum absolute atomic E-state index is 0.152. The maximum atomic E-state index is 12.7. The topological polar surface area (TPSA) is 24.1 Å². The number of aryl methyl sites for hydroxylation is 1. The Morgan fingerprint density at radius 2 is 1.88 bits per heavy atom. The van der Waals surface area contributed by atoms with Gasteiger partial charge in [-0.05, 0) is 43.9 Å². The van der Waals surface area contributed by atoms with Crippen molar-refractivity contribution in [3.8, 4) is 0 Å². The van der Waals surface area contributed by atoms with Gasteiger partial charge in [0.15, 0.2) is 0 Å². The molecular weight excluding hydrogens is 215 g/mol. The molecule has 1 fully saturated rings. The third-order valence-electron chi connectivity index (χ3n) is 3.50. The first-order chi connectivity index (χ1) is 8.25. The number of benzene rings is 1. The fourth-order valence-electron chi connectivity index (χ4n) is 2.41. The Balaban J connectivity index is 1.73. The smallest absolute Gasteiger partial charge is 0.123 e. The maximum Gasteiger partial charge on any atom is 0.123 e. The first-order valence-corrected chi connectivity index (χ1v) is 6.47. The van der Waals surface area contributed by atoms with Gasteiger partial charge in [-0.15, -0.1) is 0 Å². The summed E-state index contributed by atoms with van der Waals surface area (Å²) in [7, 11) is 0. The Morgan fingerprint density at radius 1 is 1.18 bits per heavy atom. The summed E-state index contributed by atoms with van der Waals surface area (Å²) in [6.07, 6.45) is 3.35. The van der Waals surface area contributed by atoms with Crippen LogP contribution in [0.25, 0.3) is 0 Å². The van der Waals surface area contributed by atoms with Gasteiger partial charge in [0.05, 0.1) is 0 Å². The molecule has 1 heterocycles. The Labute approximate surface area is 103 Å². The van der Waals surface area contributed by atoms with Crippen LogP contribution < -0.4 is 10.6 Å². The van der Waals surface area contributed by atoms with Crippen LogP contribution in [-0.2, 0) is 6.42 Å². The molecule has 2 nitrogen and oxygen atoms in total. The SMILES string of the molecule is CC1NCCNC1CCCc1ccc(F)cc1. The molecule has 0 spiro atoms. The largest absolute Gasteiger partial charge is 0.311 e. The Hall–Kier alpha value is -0.930. The highest BCUT2D eigenvalue weighted by atomic mass is 19.1. The quantitative estimate of drug-likeness (QED) is 0.836. The van der Waals surface area contributed by atoms with E-state index in [1.807, 2.05) is 12.1 Å². The zero-order valence-corrected chi connectivity index (χ0v) is 10.4. The lowest BCUT2D eigenvalue weighted by Crippen LogP contribution is -2.54. The molecule has 2 N–H and O–H groups in total. The van der Waals surface area contributed by atoms with E-state index in [2.05, 4.69) is 17.6 Å². The van der Waals surface area contributed by atoms with E-state index in [0.717, 1.165) is 25.9 Å². The molecule has 1 aliphatic heterocycles. The van der Waals surface area contributed by atoms with Crippen LogP contribution in [0.5, 0.6) is 0 Å². The van der Waals surface area contributed by atoms with Gasteiger partial charge < -0.3 is 10.6 Å². The summed E-state index contributed by atoms with van der Waals surface area (Å²) in [4.78, 5) is 0. The molecule has 0 amide bonds. The van der Waals surface area contributed by atoms with Crippen molar-refractivity contribution in [2.75, 3.05) is 13.1 Å². The number of halogens is 1. The number of hydrogen-bond donors (Lipinski definition) is 2. The van der Waals surface area contributed by atoms with Gasteiger partial charge in [-0.1, -0.05) is 12.1 Å². The van der Waals surface area contributed by atoms with Crippen LogP contribution >= 0.6 is 0 Å². The van der Waals surface area contributed by atoms with Crippen molar-refractivity contribution < 1.29 is 4.39 Å². The lowest BCUT2D eigenvalue weighted by Gasteiger charge is -2.31. The van der Waals surface area contributed by atoms with E-state index in [0.29, 0.717) is 12.1 Å². The summed E-state index contributed by atoms with van der Waals surface area (Å²) >= 11 is 0. The van der Waals surface area contributed by atoms with Crippen LogP contribution in [0.4, 0.5) is 4.39 Å². The Morgan fingerprint density at radius 3 is 2.59 bits per heavy atom. The average molecular weight is 236 g/mol. The fourth-order valence-corrected chi connectivity index (χ4v) is 2.41. The molecule has 94 valence electrons. The second-order valence-electron chi connectivity index (χ2n) is 4.82. The first kappa shape index (κ1) is 12.5. The van der Waals surface area contributed by atoms with Crippen molar-refractivity contribution in [1.29, 1.82) is 0 Å². The van der Waals surface area contributed by atoms with Gasteiger partial charge in [0.2, 0.25) is 0 Å². The van der Waals surface area contributed by atoms with Gasteiger partial charge in [0, 0.05) is 25.2 Å². The third kappa shape index (κ3) is 3.79. The summed E-state index contributed by atoms with van der Waals surface area (Å²) in [6, 6.07) is 7.97. The first-order valence-electron chi connectivity index (χ1n) is 6.47. The second kappa shape index (κ2) is 6.12. The van der Waals surface area contributed by atoms with Gasteiger partial charge in [-0.3, -0.25) is 0 Å². The predicted molar refractivity (Wildman–Crippen MR) is 68.6 cm³/mol. The van der Waals surface area contributed by atoms with E-state index in [9.17, 15) is 4.39 Å². The molecule has 1 aliphatic rings. The van der Waals surface area contributed by atoms with Crippen molar-refractivity contribution in [3.05, 3.63) is 35.6 Å². The highest BCUT2D eigenvalue weighted by Gasteiger charge is 2.19. The van der Waals surface area contributed by atoms with Crippen LogP contribution in [0.1, 0.15) is 25.3 Å². The number of nitrogens with one attached hydrogen (secondary N) is 2. The summed E-state index contributed by atoms with van der Waals surface area (Å²) in [5.74, 6) is -0.152. The highest BCUT2D eigenvalue weighted by molar-refractivity contribution is 5.16. The molecule has 3 heteroatoms. The van der Waals surface area contributed by atoms with Gasteiger partial charge >= 0.3 is 0 Å². The molecule has 2 atom stereocenters. The minimum atomic E-state index is -0.152. The maximum absolute atomic E-state index is 12.7. The molecule has 0 saturated carbocycles. The molecule has 0 bridgehead atoms. The predicted octanol–water partition coefficient (Wildman–Crippen LogP) is 2.10. The van der Waals surface area contributed by atoms with E-state index in [1.165, 1.54) is 12.0 Å². The van der Waals surface area contributed by atoms with Gasteiger partial charge in [-0.2, -0.15) is 0 Å². The summed E-state index contributed by atoms with van der Waals surface area (Å²) in [5.41, 5.74) is 1.22. The molecule has 2 unspecified atom stereocenters. The summed E-state index contributed by atoms with van der Waals surface area (Å²) < 4.78 is 12.7. The normalized spacial score (nSPS) is 24.8. The molecule has 2 rings (SSSR count). The number of hydrogen-bond acceptors (Lipinski definition) is 2. The molecule has 1 aromatic rings. The second-order valence-corrected chi connectivity index (χ2v) is 4.82. The number of piperazine rings is 1. The van der Waals surface area contributed by atoms with Gasteiger partial charge in [0.1, 0.15) is 5.82 Å². The summed E-state index contributed by atoms with van der Waals surface area (Å²) in [6.45, 7) is 4.36. The standard InChI is InChI=1S/C14H21FN2/c1-11-14(17-10-9-16-11)4-2-3-12-5-7-13(15)8-6-12/h5-8,11,14,16-17H,2-4,9-10H2,1H3. The lowest BCUT2D eigenvalue weighted by atomic mass is 9.99. The van der Waals surface area contributed by atoms with Gasteiger partial charge in [-0.25, -0.2) is 4.39 Å². The van der Waals surface area contributed by atoms with E-state index < -0.39 is 0 Å². The molecule has 17 heavy (non-hydrogen) atoms. The molecular formula is C14H21FN2. The van der Waals surface area contributed by atoms with E-state index in [1.54, 1.807) is 12.1 Å². The average Bonchev–Trinajstić information content (AvgIpc) is 2.34.